The molecule has 4 nitrogen and oxygen atoms in total. The van der Waals surface area contributed by atoms with E-state index in [0.717, 1.165) is 25.9 Å². The Morgan fingerprint density at radius 2 is 2.05 bits per heavy atom. The van der Waals surface area contributed by atoms with E-state index in [1.165, 1.54) is 0 Å². The van der Waals surface area contributed by atoms with Crippen LogP contribution in [0.15, 0.2) is 29.2 Å². The van der Waals surface area contributed by atoms with Crippen molar-refractivity contribution in [1.29, 1.82) is 0 Å². The number of halogens is 1. The van der Waals surface area contributed by atoms with Gasteiger partial charge < -0.3 is 5.32 Å². The molecule has 1 heterocycles. The predicted molar refractivity (Wildman–Crippen MR) is 81.5 cm³/mol. The van der Waals surface area contributed by atoms with Crippen LogP contribution >= 0.6 is 11.6 Å². The summed E-state index contributed by atoms with van der Waals surface area (Å²) >= 11 is 5.81. The Kier molecular flexibility index (Phi) is 5.43. The Hall–Kier alpha value is -0.620. The normalized spacial score (nSPS) is 20.2. The van der Waals surface area contributed by atoms with Gasteiger partial charge in [0.1, 0.15) is 0 Å². The van der Waals surface area contributed by atoms with Crippen molar-refractivity contribution in [3.05, 3.63) is 29.3 Å². The second kappa shape index (κ2) is 6.89. The van der Waals surface area contributed by atoms with Gasteiger partial charge in [0, 0.05) is 18.1 Å². The van der Waals surface area contributed by atoms with E-state index in [1.807, 2.05) is 6.92 Å². The molecule has 112 valence electrons. The molecule has 0 radical (unpaired) electrons. The maximum Gasteiger partial charge on any atom is 0.243 e. The van der Waals surface area contributed by atoms with Crippen molar-refractivity contribution < 1.29 is 8.42 Å². The molecule has 6 heteroatoms. The van der Waals surface area contributed by atoms with Crippen molar-refractivity contribution in [2.45, 2.75) is 24.7 Å². The van der Waals surface area contributed by atoms with E-state index in [2.05, 4.69) is 5.32 Å². The summed E-state index contributed by atoms with van der Waals surface area (Å²) < 4.78 is 26.8. The van der Waals surface area contributed by atoms with Gasteiger partial charge in [0.25, 0.3) is 0 Å². The van der Waals surface area contributed by atoms with Crippen molar-refractivity contribution in [2.24, 2.45) is 5.92 Å². The minimum Gasteiger partial charge on any atom is -0.316 e. The van der Waals surface area contributed by atoms with E-state index in [4.69, 9.17) is 11.6 Å². The molecule has 0 aliphatic carbocycles. The molecule has 2 rings (SSSR count). The minimum absolute atomic E-state index is 0.313. The summed E-state index contributed by atoms with van der Waals surface area (Å²) in [6, 6.07) is 6.37. The molecule has 1 atom stereocenters. The zero-order valence-corrected chi connectivity index (χ0v) is 13.3. The summed E-state index contributed by atoms with van der Waals surface area (Å²) in [5, 5.41) is 3.87. The fraction of sp³-hybridized carbons (Fsp3) is 0.571. The van der Waals surface area contributed by atoms with Crippen LogP contribution in [0.4, 0.5) is 0 Å². The van der Waals surface area contributed by atoms with Crippen LogP contribution in [0.3, 0.4) is 0 Å². The van der Waals surface area contributed by atoms with Crippen molar-refractivity contribution in [2.75, 3.05) is 26.2 Å². The van der Waals surface area contributed by atoms with E-state index < -0.39 is 10.0 Å². The molecular weight excluding hydrogens is 296 g/mol. The minimum atomic E-state index is -3.42. The first-order valence-corrected chi connectivity index (χ1v) is 8.82. The van der Waals surface area contributed by atoms with Crippen LogP contribution in [0.5, 0.6) is 0 Å². The van der Waals surface area contributed by atoms with Crippen LogP contribution < -0.4 is 5.32 Å². The Balaban J connectivity index is 2.14. The number of hydrogen-bond donors (Lipinski definition) is 1. The molecule has 1 aliphatic rings. The summed E-state index contributed by atoms with van der Waals surface area (Å²) in [4.78, 5) is 0.313. The number of rotatable bonds is 5. The molecule has 1 saturated heterocycles. The highest BCUT2D eigenvalue weighted by atomic mass is 35.5. The number of hydrogen-bond acceptors (Lipinski definition) is 3. The van der Waals surface area contributed by atoms with E-state index in [9.17, 15) is 8.42 Å². The highest BCUT2D eigenvalue weighted by Crippen LogP contribution is 2.21. The number of benzene rings is 1. The van der Waals surface area contributed by atoms with Gasteiger partial charge in [-0.2, -0.15) is 4.31 Å². The first-order valence-electron chi connectivity index (χ1n) is 7.00. The van der Waals surface area contributed by atoms with E-state index >= 15 is 0 Å². The molecule has 1 aliphatic heterocycles. The molecule has 1 aromatic rings. The largest absolute Gasteiger partial charge is 0.316 e. The monoisotopic (exact) mass is 316 g/mol. The Morgan fingerprint density at radius 3 is 2.60 bits per heavy atom. The smallest absolute Gasteiger partial charge is 0.243 e. The van der Waals surface area contributed by atoms with Crippen LogP contribution in [0.1, 0.15) is 19.8 Å². The van der Waals surface area contributed by atoms with E-state index in [-0.39, 0.29) is 0 Å². The van der Waals surface area contributed by atoms with Crippen molar-refractivity contribution >= 4 is 21.6 Å². The molecular formula is C14H21ClN2O2S. The van der Waals surface area contributed by atoms with Crippen molar-refractivity contribution in [1.82, 2.24) is 9.62 Å². The predicted octanol–water partition coefficient (Wildman–Crippen LogP) is 2.35. The molecule has 20 heavy (non-hydrogen) atoms. The lowest BCUT2D eigenvalue weighted by molar-refractivity contribution is 0.298. The van der Waals surface area contributed by atoms with Crippen LogP contribution in [-0.4, -0.2) is 38.9 Å². The quantitative estimate of drug-likeness (QED) is 0.907. The molecule has 1 N–H and O–H groups in total. The molecule has 1 aromatic carbocycles. The molecule has 1 fully saturated rings. The fourth-order valence-electron chi connectivity index (χ4n) is 2.52. The molecule has 0 saturated carbocycles. The number of sulfonamides is 1. The Labute approximate surface area is 126 Å². The van der Waals surface area contributed by atoms with Gasteiger partial charge in [-0.1, -0.05) is 18.5 Å². The topological polar surface area (TPSA) is 49.4 Å². The van der Waals surface area contributed by atoms with Gasteiger partial charge in [0.15, 0.2) is 0 Å². The lowest BCUT2D eigenvalue weighted by Crippen LogP contribution is -2.40. The van der Waals surface area contributed by atoms with Crippen LogP contribution in [-0.2, 0) is 10.0 Å². The van der Waals surface area contributed by atoms with Crippen LogP contribution in [0, 0.1) is 5.92 Å². The number of piperidine rings is 1. The van der Waals surface area contributed by atoms with Gasteiger partial charge in [-0.3, -0.25) is 0 Å². The van der Waals surface area contributed by atoms with Gasteiger partial charge in [-0.15, -0.1) is 0 Å². The van der Waals surface area contributed by atoms with Crippen molar-refractivity contribution in [3.63, 3.8) is 0 Å². The zero-order chi connectivity index (χ0) is 14.6. The second-order valence-electron chi connectivity index (χ2n) is 5.12. The SMILES string of the molecule is CCN(CC1CCCNC1)S(=O)(=O)c1ccc(Cl)cc1. The Bertz CT molecular complexity index is 525. The molecule has 0 spiro atoms. The molecule has 1 unspecified atom stereocenters. The van der Waals surface area contributed by atoms with E-state index in [1.54, 1.807) is 28.6 Å². The molecule has 0 bridgehead atoms. The van der Waals surface area contributed by atoms with Crippen molar-refractivity contribution in [3.8, 4) is 0 Å². The van der Waals surface area contributed by atoms with E-state index in [0.29, 0.717) is 28.9 Å². The third-order valence-corrected chi connectivity index (χ3v) is 5.87. The summed E-state index contributed by atoms with van der Waals surface area (Å²) in [5.41, 5.74) is 0. The Morgan fingerprint density at radius 1 is 1.35 bits per heavy atom. The fourth-order valence-corrected chi connectivity index (χ4v) is 4.17. The summed E-state index contributed by atoms with van der Waals surface area (Å²) in [6.45, 7) is 4.87. The summed E-state index contributed by atoms with van der Waals surface area (Å²) in [6.07, 6.45) is 2.20. The highest BCUT2D eigenvalue weighted by Gasteiger charge is 2.26. The lowest BCUT2D eigenvalue weighted by Gasteiger charge is -2.28. The van der Waals surface area contributed by atoms with Crippen LogP contribution in [0.25, 0.3) is 0 Å². The van der Waals surface area contributed by atoms with Gasteiger partial charge in [-0.25, -0.2) is 8.42 Å². The number of nitrogens with one attached hydrogen (secondary N) is 1. The third-order valence-electron chi connectivity index (χ3n) is 3.66. The average Bonchev–Trinajstić information content (AvgIpc) is 2.46. The maximum absolute atomic E-state index is 12.6. The zero-order valence-electron chi connectivity index (χ0n) is 11.7. The third kappa shape index (κ3) is 3.73. The highest BCUT2D eigenvalue weighted by molar-refractivity contribution is 7.89. The van der Waals surface area contributed by atoms with Gasteiger partial charge >= 0.3 is 0 Å². The molecule has 0 amide bonds. The summed E-state index contributed by atoms with van der Waals surface area (Å²) in [7, 11) is -3.42. The van der Waals surface area contributed by atoms with Gasteiger partial charge in [-0.05, 0) is 56.1 Å². The first-order chi connectivity index (χ1) is 9.54. The number of nitrogens with zero attached hydrogens (tertiary/aromatic N) is 1. The molecule has 0 aromatic heterocycles. The standard InChI is InChI=1S/C14H21ClN2O2S/c1-2-17(11-12-4-3-9-16-10-12)20(18,19)14-7-5-13(15)6-8-14/h5-8,12,16H,2-4,9-11H2,1H3. The maximum atomic E-state index is 12.6. The average molecular weight is 317 g/mol. The summed E-state index contributed by atoms with van der Waals surface area (Å²) in [5.74, 6) is 0.394. The first kappa shape index (κ1) is 15.8. The lowest BCUT2D eigenvalue weighted by atomic mass is 10.00. The second-order valence-corrected chi connectivity index (χ2v) is 7.50. The van der Waals surface area contributed by atoms with Gasteiger partial charge in [0.2, 0.25) is 10.0 Å². The van der Waals surface area contributed by atoms with Gasteiger partial charge in [0.05, 0.1) is 4.90 Å². The van der Waals surface area contributed by atoms with Crippen LogP contribution in [0.2, 0.25) is 5.02 Å².